The van der Waals surface area contributed by atoms with Gasteiger partial charge in [-0.15, -0.1) is 0 Å². The van der Waals surface area contributed by atoms with Gasteiger partial charge in [-0.3, -0.25) is 58.8 Å². The van der Waals surface area contributed by atoms with Gasteiger partial charge in [0.2, 0.25) is 53.2 Å². The Morgan fingerprint density at radius 2 is 0.840 bits per heavy atom. The first-order valence-electron chi connectivity index (χ1n) is 15.7. The number of aliphatic hydroxyl groups is 1. The minimum absolute atomic E-state index is 0.0290. The number of nitrogens with zero attached hydrogens (tertiary/aromatic N) is 3. The second kappa shape index (κ2) is 21.9. The van der Waals surface area contributed by atoms with E-state index in [1.807, 2.05) is 0 Å². The summed E-state index contributed by atoms with van der Waals surface area (Å²) < 4.78 is 0. The zero-order valence-corrected chi connectivity index (χ0v) is 28.1. The molecule has 4 atom stereocenters. The van der Waals surface area contributed by atoms with E-state index in [0.29, 0.717) is 15.2 Å². The van der Waals surface area contributed by atoms with Crippen molar-refractivity contribution in [2.24, 2.45) is 0 Å². The van der Waals surface area contributed by atoms with Crippen LogP contribution in [0.5, 0.6) is 0 Å². The molecule has 1 aliphatic rings. The molecule has 0 spiro atoms. The van der Waals surface area contributed by atoms with E-state index in [1.165, 1.54) is 0 Å². The van der Waals surface area contributed by atoms with Gasteiger partial charge in [0.1, 0.15) is 24.2 Å². The summed E-state index contributed by atoms with van der Waals surface area (Å²) in [5.74, 6) is -7.64. The van der Waals surface area contributed by atoms with Gasteiger partial charge in [0.15, 0.2) is 0 Å². The molecule has 0 aromatic heterocycles. The van der Waals surface area contributed by atoms with E-state index in [4.69, 9.17) is 0 Å². The summed E-state index contributed by atoms with van der Waals surface area (Å²) in [6, 6.07) is -5.79. The molecule has 0 aromatic carbocycles. The van der Waals surface area contributed by atoms with Crippen molar-refractivity contribution in [3.63, 3.8) is 0 Å². The average Bonchev–Trinajstić information content (AvgIpc) is 3.05. The van der Waals surface area contributed by atoms with Crippen LogP contribution in [0.15, 0.2) is 0 Å². The molecular weight excluding hydrogens is 670 g/mol. The molecule has 1 aliphatic heterocycles. The van der Waals surface area contributed by atoms with Crippen molar-refractivity contribution in [3.05, 3.63) is 0 Å². The fourth-order valence-corrected chi connectivity index (χ4v) is 4.42. The highest BCUT2D eigenvalue weighted by Crippen LogP contribution is 2.07. The standard InChI is InChI=1S/C28H47N9O13/c1-16(39)35(48)10-4-7-19-25(44)29-14-24(43)32-22(15-38)26(45)30-13-23(42)31-20(8-5-11-36(49)17(2)40)27(46)34-21(28(47)33-19)9-6-12-37(50)18(3)41/h19-22,38,48-50H,4-15H2,1-3H3,(H,29,44)(H,30,45)(H,31,42)(H,32,43)(H,33,47)(H,34,46)/t19-,20+,21+,22+/m1/s1. The summed E-state index contributed by atoms with van der Waals surface area (Å²) in [5, 5.41) is 53.9. The third-order valence-corrected chi connectivity index (χ3v) is 7.28. The second-order valence-corrected chi connectivity index (χ2v) is 11.3. The van der Waals surface area contributed by atoms with Crippen LogP contribution in [0.25, 0.3) is 0 Å². The van der Waals surface area contributed by atoms with Crippen LogP contribution in [0, 0.1) is 0 Å². The Kier molecular flexibility index (Phi) is 18.9. The predicted octanol–water partition coefficient (Wildman–Crippen LogP) is -4.78. The third kappa shape index (κ3) is 16.0. The van der Waals surface area contributed by atoms with E-state index >= 15 is 0 Å². The quantitative estimate of drug-likeness (QED) is 0.0633. The molecule has 22 heteroatoms. The first-order valence-corrected chi connectivity index (χ1v) is 15.7. The molecule has 1 saturated heterocycles. The third-order valence-electron chi connectivity index (χ3n) is 7.28. The molecule has 50 heavy (non-hydrogen) atoms. The van der Waals surface area contributed by atoms with Gasteiger partial charge in [0.05, 0.1) is 19.7 Å². The van der Waals surface area contributed by atoms with E-state index in [0.717, 1.165) is 20.8 Å². The molecule has 1 fully saturated rings. The van der Waals surface area contributed by atoms with Crippen molar-refractivity contribution >= 4 is 53.2 Å². The number of nitrogens with one attached hydrogen (secondary N) is 6. The molecule has 0 bridgehead atoms. The maximum atomic E-state index is 13.6. The van der Waals surface area contributed by atoms with Gasteiger partial charge in [-0.25, -0.2) is 15.2 Å². The highest BCUT2D eigenvalue weighted by atomic mass is 16.5. The number of aliphatic hydroxyl groups excluding tert-OH is 1. The van der Waals surface area contributed by atoms with Crippen LogP contribution in [-0.4, -0.2) is 153 Å². The first-order chi connectivity index (χ1) is 23.5. The van der Waals surface area contributed by atoms with Gasteiger partial charge >= 0.3 is 0 Å². The van der Waals surface area contributed by atoms with Crippen molar-refractivity contribution in [3.8, 4) is 0 Å². The van der Waals surface area contributed by atoms with Crippen LogP contribution in [0.2, 0.25) is 0 Å². The molecule has 1 heterocycles. The van der Waals surface area contributed by atoms with Gasteiger partial charge in [0.25, 0.3) is 0 Å². The van der Waals surface area contributed by atoms with Crippen LogP contribution in [0.4, 0.5) is 0 Å². The van der Waals surface area contributed by atoms with Crippen LogP contribution < -0.4 is 31.9 Å². The highest BCUT2D eigenvalue weighted by molar-refractivity contribution is 5.96. The zero-order chi connectivity index (χ0) is 38.0. The number of carbonyl (C=O) groups excluding carboxylic acids is 9. The average molecular weight is 718 g/mol. The molecule has 22 nitrogen and oxygen atoms in total. The number of carbonyl (C=O) groups is 9. The molecule has 0 radical (unpaired) electrons. The highest BCUT2D eigenvalue weighted by Gasteiger charge is 2.31. The number of hydrogen-bond donors (Lipinski definition) is 10. The lowest BCUT2D eigenvalue weighted by atomic mass is 10.1. The fraction of sp³-hybridized carbons (Fsp3) is 0.679. The van der Waals surface area contributed by atoms with E-state index in [9.17, 15) is 63.9 Å². The summed E-state index contributed by atoms with van der Waals surface area (Å²) >= 11 is 0. The van der Waals surface area contributed by atoms with Gasteiger partial charge in [-0.2, -0.15) is 0 Å². The minimum Gasteiger partial charge on any atom is -0.394 e. The number of amides is 9. The summed E-state index contributed by atoms with van der Waals surface area (Å²) in [5.41, 5.74) is 0. The molecular formula is C28H47N9O13. The summed E-state index contributed by atoms with van der Waals surface area (Å²) in [6.07, 6.45) is -0.685. The van der Waals surface area contributed by atoms with E-state index in [1.54, 1.807) is 0 Å². The Morgan fingerprint density at radius 3 is 1.18 bits per heavy atom. The molecule has 9 amide bonds. The molecule has 0 aliphatic carbocycles. The molecule has 0 saturated carbocycles. The molecule has 0 aromatic rings. The Balaban J connectivity index is 3.45. The normalized spacial score (nSPS) is 21.2. The van der Waals surface area contributed by atoms with Gasteiger partial charge in [-0.1, -0.05) is 0 Å². The van der Waals surface area contributed by atoms with Crippen molar-refractivity contribution in [1.29, 1.82) is 0 Å². The summed E-state index contributed by atoms with van der Waals surface area (Å²) in [7, 11) is 0. The van der Waals surface area contributed by atoms with E-state index in [2.05, 4.69) is 31.9 Å². The lowest BCUT2D eigenvalue weighted by molar-refractivity contribution is -0.163. The molecule has 1 rings (SSSR count). The summed E-state index contributed by atoms with van der Waals surface area (Å²) in [4.78, 5) is 112. The van der Waals surface area contributed by atoms with Crippen LogP contribution in [0.1, 0.15) is 59.3 Å². The number of hydroxylamine groups is 6. The maximum Gasteiger partial charge on any atom is 0.245 e. The number of hydrogen-bond acceptors (Lipinski definition) is 13. The SMILES string of the molecule is CC(=O)N(O)CCC[C@@H]1NC(=O)CNC(=O)[C@H](CO)NC(=O)CNC(=O)[C@@H](CCCN(O)C(C)=O)NC(=O)[C@H](CCCN(O)C(C)=O)NC1=O. The molecule has 10 N–H and O–H groups in total. The largest absolute Gasteiger partial charge is 0.394 e. The predicted molar refractivity (Wildman–Crippen MR) is 166 cm³/mol. The van der Waals surface area contributed by atoms with Crippen molar-refractivity contribution < 1.29 is 63.9 Å². The minimum atomic E-state index is -1.54. The Hall–Kier alpha value is -4.93. The van der Waals surface area contributed by atoms with E-state index < -0.39 is 97.0 Å². The molecule has 282 valence electrons. The van der Waals surface area contributed by atoms with E-state index in [-0.39, 0.29) is 58.2 Å². The van der Waals surface area contributed by atoms with Crippen molar-refractivity contribution in [2.45, 2.75) is 83.5 Å². The van der Waals surface area contributed by atoms with Crippen LogP contribution in [0.3, 0.4) is 0 Å². The summed E-state index contributed by atoms with van der Waals surface area (Å²) in [6.45, 7) is 0.217. The Morgan fingerprint density at radius 1 is 0.540 bits per heavy atom. The Bertz CT molecular complexity index is 1230. The smallest absolute Gasteiger partial charge is 0.245 e. The van der Waals surface area contributed by atoms with Gasteiger partial charge in [0, 0.05) is 40.4 Å². The monoisotopic (exact) mass is 717 g/mol. The lowest BCUT2D eigenvalue weighted by Gasteiger charge is -2.26. The zero-order valence-electron chi connectivity index (χ0n) is 28.1. The van der Waals surface area contributed by atoms with Crippen LogP contribution >= 0.6 is 0 Å². The number of rotatable bonds is 13. The van der Waals surface area contributed by atoms with Crippen molar-refractivity contribution in [2.75, 3.05) is 39.3 Å². The van der Waals surface area contributed by atoms with Gasteiger partial charge in [-0.05, 0) is 38.5 Å². The van der Waals surface area contributed by atoms with Crippen LogP contribution in [-0.2, 0) is 43.2 Å². The molecule has 0 unspecified atom stereocenters. The lowest BCUT2D eigenvalue weighted by Crippen LogP contribution is -2.59. The van der Waals surface area contributed by atoms with Crippen molar-refractivity contribution in [1.82, 2.24) is 47.1 Å². The fourth-order valence-electron chi connectivity index (χ4n) is 4.42. The second-order valence-electron chi connectivity index (χ2n) is 11.3. The maximum absolute atomic E-state index is 13.6. The topological polar surface area (TPSA) is 316 Å². The first kappa shape index (κ1) is 43.1. The van der Waals surface area contributed by atoms with Gasteiger partial charge < -0.3 is 37.0 Å². The Labute approximate surface area is 287 Å².